The molecule has 5 heavy (non-hydrogen) atoms. The van der Waals surface area contributed by atoms with E-state index in [2.05, 4.69) is 0 Å². The molecule has 0 aromatic heterocycles. The molecule has 22 valence electrons. The fourth-order valence-electron chi connectivity index (χ4n) is 0. The first-order valence-corrected chi connectivity index (χ1v) is 0.612. The van der Waals surface area contributed by atoms with Gasteiger partial charge in [-0.1, -0.05) is 0 Å². The van der Waals surface area contributed by atoms with Crippen molar-refractivity contribution in [2.45, 2.75) is 0 Å². The van der Waals surface area contributed by atoms with E-state index in [9.17, 15) is 0 Å². The smallest absolute Gasteiger partial charge is 0.381 e. The van der Waals surface area contributed by atoms with E-state index in [0.717, 1.165) is 0 Å². The maximum Gasteiger partial charge on any atom is 0.381 e. The van der Waals surface area contributed by atoms with Crippen molar-refractivity contribution in [3.8, 4) is 0 Å². The third-order valence-corrected chi connectivity index (χ3v) is 0. The van der Waals surface area contributed by atoms with Crippen LogP contribution >= 0.6 is 0 Å². The minimum Gasteiger partial charge on any atom is -0.381 e. The summed E-state index contributed by atoms with van der Waals surface area (Å²) in [6.07, 6.45) is 0. The van der Waals surface area contributed by atoms with E-state index in [1.807, 2.05) is 0 Å². The zero-order valence-electron chi connectivity index (χ0n) is 2.52. The van der Waals surface area contributed by atoms with Crippen LogP contribution in [-0.2, 0) is 21.8 Å². The second-order valence-electron chi connectivity index (χ2n) is 0. The summed E-state index contributed by atoms with van der Waals surface area (Å²) in [5.41, 5.74) is 0. The minimum atomic E-state index is 0. The quantitative estimate of drug-likeness (QED) is 0.493. The number of rotatable bonds is 0. The Labute approximate surface area is 91.8 Å². The van der Waals surface area contributed by atoms with Crippen molar-refractivity contribution in [2.75, 3.05) is 0 Å². The van der Waals surface area contributed by atoms with Crippen LogP contribution in [0.4, 0.5) is 0 Å². The van der Waals surface area contributed by atoms with Gasteiger partial charge >= 0.3 is 10.1 Å². The Hall–Kier alpha value is 2.61. The molecule has 0 saturated carbocycles. The topological polar surface area (TPSA) is 17.1 Å². The number of hydrogen-bond acceptors (Lipinski definition) is 1. The summed E-state index contributed by atoms with van der Waals surface area (Å²) in [7, 11) is 1.72. The Balaban J connectivity index is -0.00000000167. The van der Waals surface area contributed by atoms with E-state index in [4.69, 9.17) is 4.46 Å². The Bertz CT molecular complexity index is 11.6. The summed E-state index contributed by atoms with van der Waals surface area (Å²) in [6.45, 7) is 0. The van der Waals surface area contributed by atoms with Crippen molar-refractivity contribution in [3.63, 3.8) is 0 Å². The molecule has 0 aliphatic rings. The van der Waals surface area contributed by atoms with Gasteiger partial charge in [-0.15, -0.1) is 0 Å². The van der Waals surface area contributed by atoms with E-state index in [1.54, 1.807) is 10.1 Å². The maximum absolute atomic E-state index is 8.06. The van der Waals surface area contributed by atoms with Crippen molar-refractivity contribution < 1.29 is 21.8 Å². The molecule has 0 amide bonds. The fraction of sp³-hybridized carbons (Fsp3) is 0. The van der Waals surface area contributed by atoms with E-state index in [1.165, 1.54) is 0 Å². The van der Waals surface area contributed by atoms with E-state index in [-0.39, 0.29) is 79.0 Å². The van der Waals surface area contributed by atoms with Crippen LogP contribution in [0.15, 0.2) is 0 Å². The van der Waals surface area contributed by atoms with Gasteiger partial charge in [0.15, 0.2) is 0 Å². The van der Waals surface area contributed by atoms with Crippen molar-refractivity contribution in [1.82, 2.24) is 0 Å². The largest absolute Gasteiger partial charge is 0.381 e. The summed E-state index contributed by atoms with van der Waals surface area (Å²) < 4.78 is 8.06. The average molecular weight is 255 g/mol. The van der Waals surface area contributed by atoms with Crippen LogP contribution in [0.5, 0.6) is 0 Å². The molecule has 0 aromatic rings. The zero-order valence-corrected chi connectivity index (χ0v) is 9.86. The second-order valence-corrected chi connectivity index (χ2v) is 0. The molecule has 0 fully saturated rings. The Kier molecular flexibility index (Phi) is 156. The first kappa shape index (κ1) is 25.5. The van der Waals surface area contributed by atoms with Gasteiger partial charge < -0.3 is 4.46 Å². The summed E-state index contributed by atoms with van der Waals surface area (Å²) >= 11 is 0. The minimum absolute atomic E-state index is 0. The van der Waals surface area contributed by atoms with Gasteiger partial charge in [-0.25, -0.2) is 0 Å². The normalized spacial score (nSPS) is 0.800. The summed E-state index contributed by atoms with van der Waals surface area (Å²) in [5, 5.41) is 0. The predicted molar refractivity (Wildman–Crippen MR) is 17.9 cm³/mol. The molecule has 1 nitrogen and oxygen atoms in total. The molecule has 0 heterocycles. The van der Waals surface area contributed by atoms with Crippen molar-refractivity contribution >= 4 is 71.8 Å². The SMILES string of the molecule is O=[Si].[Ca].[Cr].[Sn]. The van der Waals surface area contributed by atoms with Crippen LogP contribution in [0.3, 0.4) is 0 Å². The third-order valence-electron chi connectivity index (χ3n) is 0. The molecule has 8 radical (unpaired) electrons. The molecule has 0 saturated heterocycles. The third kappa shape index (κ3) is 20.6. The van der Waals surface area contributed by atoms with Crippen LogP contribution in [0, 0.1) is 0 Å². The number of hydrogen-bond donors (Lipinski definition) is 0. The molecule has 0 aliphatic heterocycles. The van der Waals surface area contributed by atoms with Crippen LogP contribution in [0.25, 0.3) is 0 Å². The first-order chi connectivity index (χ1) is 1.00. The van der Waals surface area contributed by atoms with Gasteiger partial charge in [0.05, 0.1) is 0 Å². The Morgan fingerprint density at radius 1 is 1.20 bits per heavy atom. The molecule has 0 aromatic carbocycles. The van der Waals surface area contributed by atoms with Gasteiger partial charge in [0.25, 0.3) is 0 Å². The Morgan fingerprint density at radius 2 is 1.20 bits per heavy atom. The molecular formula is CaCrOSiSn. The van der Waals surface area contributed by atoms with Crippen LogP contribution in [0.1, 0.15) is 0 Å². The van der Waals surface area contributed by atoms with Crippen LogP contribution in [0.2, 0.25) is 0 Å². The predicted octanol–water partition coefficient (Wildman–Crippen LogP) is -1.26. The van der Waals surface area contributed by atoms with E-state index < -0.39 is 0 Å². The molecule has 5 heteroatoms. The van der Waals surface area contributed by atoms with Crippen LogP contribution < -0.4 is 0 Å². The summed E-state index contributed by atoms with van der Waals surface area (Å²) in [6, 6.07) is 0. The van der Waals surface area contributed by atoms with Crippen molar-refractivity contribution in [3.05, 3.63) is 0 Å². The standard InChI is InChI=1S/Ca.Cr.OSi.Sn/c;;1-2;. The van der Waals surface area contributed by atoms with Gasteiger partial charge in [0.1, 0.15) is 0 Å². The van der Waals surface area contributed by atoms with Crippen LogP contribution in [-0.4, -0.2) is 71.8 Å². The average Bonchev–Trinajstić information content (AvgIpc) is 1.00. The van der Waals surface area contributed by atoms with Gasteiger partial charge in [0.2, 0.25) is 0 Å². The first-order valence-electron chi connectivity index (χ1n) is 0.204. The van der Waals surface area contributed by atoms with Gasteiger partial charge in [0, 0.05) is 79.0 Å². The fourth-order valence-corrected chi connectivity index (χ4v) is 0. The van der Waals surface area contributed by atoms with E-state index in [0.29, 0.717) is 0 Å². The molecular weight excluding hydrogens is 255 g/mol. The molecule has 0 spiro atoms. The maximum atomic E-state index is 8.06. The molecule has 0 aliphatic carbocycles. The molecule has 0 N–H and O–H groups in total. The monoisotopic (exact) mass is 256 g/mol. The summed E-state index contributed by atoms with van der Waals surface area (Å²) in [4.78, 5) is 0. The van der Waals surface area contributed by atoms with Gasteiger partial charge in [-0.2, -0.15) is 0 Å². The molecule has 0 atom stereocenters. The van der Waals surface area contributed by atoms with Gasteiger partial charge in [-0.05, 0) is 0 Å². The summed E-state index contributed by atoms with van der Waals surface area (Å²) in [5.74, 6) is 0. The van der Waals surface area contributed by atoms with E-state index >= 15 is 0 Å². The van der Waals surface area contributed by atoms with Crippen molar-refractivity contribution in [1.29, 1.82) is 0 Å². The molecule has 0 bridgehead atoms. The zero-order chi connectivity index (χ0) is 2.00. The second kappa shape index (κ2) is 30.6. The Morgan fingerprint density at radius 3 is 1.20 bits per heavy atom. The molecule has 0 unspecified atom stereocenters. The van der Waals surface area contributed by atoms with Crippen molar-refractivity contribution in [2.24, 2.45) is 0 Å². The van der Waals surface area contributed by atoms with Gasteiger partial charge in [-0.3, -0.25) is 0 Å². The molecule has 0 rings (SSSR count).